The number of carbonyl (C=O) groups is 2. The van der Waals surface area contributed by atoms with Gasteiger partial charge in [0, 0.05) is 12.8 Å². The van der Waals surface area contributed by atoms with E-state index in [2.05, 4.69) is 19.2 Å². The molecule has 0 fully saturated rings. The van der Waals surface area contributed by atoms with E-state index in [1.165, 1.54) is 405 Å². The highest BCUT2D eigenvalue weighted by molar-refractivity contribution is 5.76. The van der Waals surface area contributed by atoms with Crippen molar-refractivity contribution in [1.29, 1.82) is 0 Å². The largest absolute Gasteiger partial charge is 0.466 e. The van der Waals surface area contributed by atoms with E-state index in [1.54, 1.807) is 6.08 Å². The van der Waals surface area contributed by atoms with E-state index < -0.39 is 12.1 Å². The van der Waals surface area contributed by atoms with Crippen LogP contribution in [0.5, 0.6) is 0 Å². The molecule has 2 atom stereocenters. The van der Waals surface area contributed by atoms with Crippen LogP contribution < -0.4 is 5.32 Å². The average molecular weight is 1230 g/mol. The van der Waals surface area contributed by atoms with Gasteiger partial charge in [-0.1, -0.05) is 437 Å². The number of aliphatic hydroxyl groups excluding tert-OH is 2. The van der Waals surface area contributed by atoms with Gasteiger partial charge < -0.3 is 20.3 Å². The molecular weight excluding hydrogens is 1070 g/mol. The smallest absolute Gasteiger partial charge is 0.305 e. The normalized spacial score (nSPS) is 12.5. The zero-order valence-corrected chi connectivity index (χ0v) is 59.5. The monoisotopic (exact) mass is 1230 g/mol. The molecule has 1 amide bonds. The topological polar surface area (TPSA) is 95.9 Å². The van der Waals surface area contributed by atoms with Crippen molar-refractivity contribution in [3.63, 3.8) is 0 Å². The van der Waals surface area contributed by atoms with Crippen molar-refractivity contribution in [2.45, 2.75) is 482 Å². The summed E-state index contributed by atoms with van der Waals surface area (Å²) < 4.78 is 5.52. The van der Waals surface area contributed by atoms with Crippen molar-refractivity contribution in [2.24, 2.45) is 0 Å². The molecule has 6 nitrogen and oxygen atoms in total. The minimum absolute atomic E-state index is 0.0257. The third kappa shape index (κ3) is 73.5. The molecule has 0 aliphatic heterocycles. The van der Waals surface area contributed by atoms with Gasteiger partial charge in [-0.2, -0.15) is 0 Å². The van der Waals surface area contributed by atoms with Crippen molar-refractivity contribution in [2.75, 3.05) is 13.2 Å². The fourth-order valence-corrected chi connectivity index (χ4v) is 13.2. The lowest BCUT2D eigenvalue weighted by Crippen LogP contribution is -2.45. The van der Waals surface area contributed by atoms with Gasteiger partial charge >= 0.3 is 5.97 Å². The van der Waals surface area contributed by atoms with Gasteiger partial charge in [0.05, 0.1) is 25.4 Å². The first-order valence-electron chi connectivity index (χ1n) is 40.5. The second kappa shape index (κ2) is 77.1. The standard InChI is InChI=1S/C81H159NO5/c1-3-5-7-9-11-13-15-17-19-21-22-23-35-38-42-45-49-53-57-61-65-69-73-79(84)78(77-83)82-80(85)74-70-66-62-58-54-50-46-43-39-36-33-31-29-27-25-24-26-28-30-32-34-37-40-44-48-52-56-60-64-68-72-76-87-81(86)75-71-67-63-59-55-51-47-41-20-18-16-14-12-10-8-6-4-2/h69,73,78-79,83-84H,3-68,70-72,74-77H2,1-2H3,(H,82,85)/b73-69+. The molecule has 0 aliphatic carbocycles. The van der Waals surface area contributed by atoms with Gasteiger partial charge in [-0.3, -0.25) is 9.59 Å². The van der Waals surface area contributed by atoms with E-state index >= 15 is 0 Å². The molecule has 0 saturated carbocycles. The fourth-order valence-electron chi connectivity index (χ4n) is 13.2. The first-order valence-corrected chi connectivity index (χ1v) is 40.5. The lowest BCUT2D eigenvalue weighted by atomic mass is 10.0. The van der Waals surface area contributed by atoms with Crippen LogP contribution in [0.1, 0.15) is 470 Å². The molecule has 0 heterocycles. The Hall–Kier alpha value is -1.40. The molecule has 0 aromatic carbocycles. The third-order valence-electron chi connectivity index (χ3n) is 19.3. The zero-order valence-electron chi connectivity index (χ0n) is 59.5. The predicted molar refractivity (Wildman–Crippen MR) is 384 cm³/mol. The second-order valence-electron chi connectivity index (χ2n) is 28.1. The van der Waals surface area contributed by atoms with Gasteiger partial charge in [0.15, 0.2) is 0 Å². The first kappa shape index (κ1) is 85.6. The van der Waals surface area contributed by atoms with E-state index in [0.29, 0.717) is 19.4 Å². The Kier molecular flexibility index (Phi) is 75.8. The number of amides is 1. The molecule has 0 aliphatic rings. The van der Waals surface area contributed by atoms with E-state index in [9.17, 15) is 19.8 Å². The summed E-state index contributed by atoms with van der Waals surface area (Å²) in [6, 6.07) is -0.625. The second-order valence-corrected chi connectivity index (χ2v) is 28.1. The molecule has 518 valence electrons. The van der Waals surface area contributed by atoms with Crippen LogP contribution in [0, 0.1) is 0 Å². The Morgan fingerprint density at radius 3 is 0.782 bits per heavy atom. The molecular formula is C81H159NO5. The van der Waals surface area contributed by atoms with Gasteiger partial charge in [0.25, 0.3) is 0 Å². The highest BCUT2D eigenvalue weighted by Crippen LogP contribution is 2.20. The van der Waals surface area contributed by atoms with Crippen molar-refractivity contribution in [3.8, 4) is 0 Å². The Bertz CT molecular complexity index is 1320. The van der Waals surface area contributed by atoms with Gasteiger partial charge in [-0.15, -0.1) is 0 Å². The number of ether oxygens (including phenoxy) is 1. The molecule has 0 bridgehead atoms. The molecule has 3 N–H and O–H groups in total. The highest BCUT2D eigenvalue weighted by atomic mass is 16.5. The van der Waals surface area contributed by atoms with Crippen LogP contribution in [0.15, 0.2) is 12.2 Å². The number of nitrogens with one attached hydrogen (secondary N) is 1. The van der Waals surface area contributed by atoms with Gasteiger partial charge in [0.2, 0.25) is 5.91 Å². The van der Waals surface area contributed by atoms with Crippen LogP contribution >= 0.6 is 0 Å². The minimum Gasteiger partial charge on any atom is -0.466 e. The van der Waals surface area contributed by atoms with Crippen LogP contribution in [0.2, 0.25) is 0 Å². The quantitative estimate of drug-likeness (QED) is 0.0320. The summed E-state index contributed by atoms with van der Waals surface area (Å²) in [5.74, 6) is -0.0325. The van der Waals surface area contributed by atoms with Crippen LogP contribution in [-0.4, -0.2) is 47.4 Å². The van der Waals surface area contributed by atoms with Crippen molar-refractivity contribution < 1.29 is 24.5 Å². The van der Waals surface area contributed by atoms with Gasteiger partial charge in [-0.25, -0.2) is 0 Å². The molecule has 0 aromatic heterocycles. The molecule has 0 saturated heterocycles. The van der Waals surface area contributed by atoms with Gasteiger partial charge in [0.1, 0.15) is 0 Å². The van der Waals surface area contributed by atoms with Crippen molar-refractivity contribution in [1.82, 2.24) is 5.32 Å². The summed E-state index contributed by atoms with van der Waals surface area (Å²) in [6.07, 6.45) is 97.7. The summed E-state index contributed by atoms with van der Waals surface area (Å²) in [5, 5.41) is 23.3. The van der Waals surface area contributed by atoms with Crippen LogP contribution in [0.25, 0.3) is 0 Å². The summed E-state index contributed by atoms with van der Waals surface area (Å²) in [4.78, 5) is 24.7. The van der Waals surface area contributed by atoms with Crippen molar-refractivity contribution >= 4 is 11.9 Å². The van der Waals surface area contributed by atoms with Crippen LogP contribution in [0.4, 0.5) is 0 Å². The molecule has 87 heavy (non-hydrogen) atoms. The van der Waals surface area contributed by atoms with Crippen LogP contribution in [-0.2, 0) is 14.3 Å². The number of unbranched alkanes of at least 4 members (excludes halogenated alkanes) is 66. The molecule has 2 unspecified atom stereocenters. The molecule has 6 heteroatoms. The van der Waals surface area contributed by atoms with Crippen molar-refractivity contribution in [3.05, 3.63) is 12.2 Å². The molecule has 0 spiro atoms. The van der Waals surface area contributed by atoms with E-state index in [1.807, 2.05) is 6.08 Å². The Balaban J connectivity index is 3.34. The summed E-state index contributed by atoms with van der Waals surface area (Å²) in [5.41, 5.74) is 0. The first-order chi connectivity index (χ1) is 43.0. The Morgan fingerprint density at radius 2 is 0.529 bits per heavy atom. The Morgan fingerprint density at radius 1 is 0.310 bits per heavy atom. The van der Waals surface area contributed by atoms with E-state index in [0.717, 1.165) is 38.5 Å². The number of hydrogen-bond donors (Lipinski definition) is 3. The zero-order chi connectivity index (χ0) is 62.8. The summed E-state index contributed by atoms with van der Waals surface area (Å²) in [6.45, 7) is 4.97. The Labute approximate surface area is 546 Å². The predicted octanol–water partition coefficient (Wildman–Crippen LogP) is 26.7. The fraction of sp³-hybridized carbons (Fsp3) is 0.951. The summed E-state index contributed by atoms with van der Waals surface area (Å²) in [7, 11) is 0. The highest BCUT2D eigenvalue weighted by Gasteiger charge is 2.18. The average Bonchev–Trinajstić information content (AvgIpc) is 3.58. The number of aliphatic hydroxyl groups is 2. The maximum Gasteiger partial charge on any atom is 0.305 e. The van der Waals surface area contributed by atoms with E-state index in [4.69, 9.17) is 4.74 Å². The van der Waals surface area contributed by atoms with Gasteiger partial charge in [-0.05, 0) is 32.1 Å². The molecule has 0 aromatic rings. The number of carbonyl (C=O) groups excluding carboxylic acids is 2. The SMILES string of the molecule is CCCCCCCCCCCCCCCCCCCCCC/C=C/C(O)C(CO)NC(=O)CCCCCCCCCCCCCCCCCCCCCCCCCCCCCCCCCOC(=O)CCCCCCCCCCCCCCCCCCC. The lowest BCUT2D eigenvalue weighted by Gasteiger charge is -2.20. The molecule has 0 radical (unpaired) electrons. The third-order valence-corrected chi connectivity index (χ3v) is 19.3. The number of hydrogen-bond acceptors (Lipinski definition) is 5. The maximum atomic E-state index is 12.5. The minimum atomic E-state index is -0.842. The maximum absolute atomic E-state index is 12.5. The number of allylic oxidation sites excluding steroid dienone is 1. The number of esters is 1. The molecule has 0 rings (SSSR count). The lowest BCUT2D eigenvalue weighted by molar-refractivity contribution is -0.143. The summed E-state index contributed by atoms with van der Waals surface area (Å²) >= 11 is 0. The van der Waals surface area contributed by atoms with E-state index in [-0.39, 0.29) is 18.5 Å². The van der Waals surface area contributed by atoms with Crippen LogP contribution in [0.3, 0.4) is 0 Å². The number of rotatable bonds is 77.